The van der Waals surface area contributed by atoms with Crippen LogP contribution in [-0.4, -0.2) is 9.56 Å². The third kappa shape index (κ3) is 4.16. The minimum atomic E-state index is -0.800. The van der Waals surface area contributed by atoms with E-state index in [-0.39, 0.29) is 0 Å². The molecule has 1 aromatic heterocycles. The third-order valence-electron chi connectivity index (χ3n) is 3.88. The zero-order chi connectivity index (χ0) is 16.7. The summed E-state index contributed by atoms with van der Waals surface area (Å²) in [6.45, 7) is 2.19. The Morgan fingerprint density at radius 2 is 2.04 bits per heavy atom. The van der Waals surface area contributed by atoms with Crippen LogP contribution < -0.4 is 21.2 Å². The molecule has 0 aliphatic carbocycles. The van der Waals surface area contributed by atoms with Crippen LogP contribution in [-0.2, 0) is 12.8 Å². The maximum Gasteiger partial charge on any atom is 0.279 e. The molecule has 2 rings (SSSR count). The van der Waals surface area contributed by atoms with Gasteiger partial charge in [-0.05, 0) is 12.8 Å². The van der Waals surface area contributed by atoms with Gasteiger partial charge in [0, 0.05) is 5.56 Å². The third-order valence-corrected chi connectivity index (χ3v) is 4.19. The zero-order valence-corrected chi connectivity index (χ0v) is 14.6. The van der Waals surface area contributed by atoms with Crippen LogP contribution in [0.4, 0.5) is 0 Å². The number of aromatic nitrogens is 2. The number of benzene rings is 1. The molecule has 0 spiro atoms. The van der Waals surface area contributed by atoms with Crippen molar-refractivity contribution in [2.75, 3.05) is 0 Å². The van der Waals surface area contributed by atoms with Gasteiger partial charge >= 0.3 is 0 Å². The van der Waals surface area contributed by atoms with E-state index in [1.807, 2.05) is 65.2 Å². The van der Waals surface area contributed by atoms with E-state index in [9.17, 15) is 0 Å². The molecule has 5 nitrogen and oxygen atoms in total. The van der Waals surface area contributed by atoms with Crippen molar-refractivity contribution < 1.29 is 4.57 Å². The molecule has 0 saturated carbocycles. The molecule has 4 N–H and O–H groups in total. The van der Waals surface area contributed by atoms with Gasteiger partial charge in [0.15, 0.2) is 0 Å². The lowest BCUT2D eigenvalue weighted by Crippen LogP contribution is -2.63. The second kappa shape index (κ2) is 8.19. The van der Waals surface area contributed by atoms with Crippen molar-refractivity contribution in [3.8, 4) is 0 Å². The van der Waals surface area contributed by atoms with E-state index >= 15 is 0 Å². The van der Waals surface area contributed by atoms with Crippen molar-refractivity contribution in [1.29, 1.82) is 0 Å². The van der Waals surface area contributed by atoms with E-state index in [4.69, 9.17) is 18.1 Å². The molecule has 0 radical (unpaired) electrons. The maximum atomic E-state index is 5.98. The van der Waals surface area contributed by atoms with E-state index in [1.165, 1.54) is 12.8 Å². The minimum absolute atomic E-state index is 0.800. The van der Waals surface area contributed by atoms with E-state index in [2.05, 4.69) is 17.7 Å². The predicted octanol–water partition coefficient (Wildman–Crippen LogP) is 1.93. The number of nitrogens with zero attached hydrogens (tertiary/aromatic N) is 2. The molecule has 0 aliphatic rings. The Bertz CT molecular complexity index is 625. The van der Waals surface area contributed by atoms with Crippen LogP contribution in [0.1, 0.15) is 38.2 Å². The number of nitrogens with one attached hydrogen (secondary N) is 2. The fourth-order valence-corrected chi connectivity index (χ4v) is 2.90. The highest BCUT2D eigenvalue weighted by Gasteiger charge is 2.38. The molecule has 124 valence electrons. The molecule has 0 aliphatic heterocycles. The summed E-state index contributed by atoms with van der Waals surface area (Å²) in [5.41, 5.74) is 3.93. The van der Waals surface area contributed by atoms with Crippen LogP contribution >= 0.6 is 12.2 Å². The molecule has 6 heteroatoms. The fourth-order valence-electron chi connectivity index (χ4n) is 2.61. The molecule has 2 aromatic rings. The maximum absolute atomic E-state index is 5.98. The quantitative estimate of drug-likeness (QED) is 0.173. The number of aryl methyl sites for hydroxylation is 1. The molecular weight excluding hydrogens is 306 g/mol. The number of rotatable bonds is 8. The number of nitrogens with two attached hydrogens (primary N) is 1. The van der Waals surface area contributed by atoms with Gasteiger partial charge in [0.25, 0.3) is 5.79 Å². The first-order chi connectivity index (χ1) is 11.1. The van der Waals surface area contributed by atoms with Crippen LogP contribution in [0, 0.1) is 0 Å². The summed E-state index contributed by atoms with van der Waals surface area (Å²) in [7, 11) is 1.97. The molecular formula is C17H26N5S+. The molecule has 0 amide bonds. The first kappa shape index (κ1) is 17.6. The lowest BCUT2D eigenvalue weighted by molar-refractivity contribution is -0.671. The van der Waals surface area contributed by atoms with E-state index in [0.717, 1.165) is 23.4 Å². The van der Waals surface area contributed by atoms with Crippen molar-refractivity contribution in [1.82, 2.24) is 15.3 Å². The lowest BCUT2D eigenvalue weighted by Gasteiger charge is -2.32. The molecule has 0 fully saturated rings. The Labute approximate surface area is 143 Å². The summed E-state index contributed by atoms with van der Waals surface area (Å²) in [5, 5.41) is 3.43. The average molecular weight is 332 g/mol. The van der Waals surface area contributed by atoms with Crippen molar-refractivity contribution in [3.05, 3.63) is 54.6 Å². The largest absolute Gasteiger partial charge is 0.321 e. The predicted molar refractivity (Wildman–Crippen MR) is 96.3 cm³/mol. The van der Waals surface area contributed by atoms with E-state index in [1.54, 1.807) is 0 Å². The smallest absolute Gasteiger partial charge is 0.279 e. The highest BCUT2D eigenvalue weighted by atomic mass is 32.1. The van der Waals surface area contributed by atoms with Crippen molar-refractivity contribution >= 4 is 17.2 Å². The number of hydrogen-bond donors (Lipinski definition) is 3. The molecule has 1 atom stereocenters. The average Bonchev–Trinajstić information content (AvgIpc) is 3.00. The van der Waals surface area contributed by atoms with Crippen LogP contribution in [0.3, 0.4) is 0 Å². The summed E-state index contributed by atoms with van der Waals surface area (Å²) in [6.07, 6.45) is 10.2. The second-order valence-corrected chi connectivity index (χ2v) is 6.21. The first-order valence-corrected chi connectivity index (χ1v) is 8.41. The minimum Gasteiger partial charge on any atom is -0.321 e. The summed E-state index contributed by atoms with van der Waals surface area (Å²) in [4.78, 5) is 0.802. The van der Waals surface area contributed by atoms with Gasteiger partial charge in [-0.1, -0.05) is 62.3 Å². The number of unbranched alkanes of at least 4 members (excludes halogenated alkanes) is 2. The second-order valence-electron chi connectivity index (χ2n) is 5.71. The number of hydrogen-bond acceptors (Lipinski definition) is 3. The highest BCUT2D eigenvalue weighted by molar-refractivity contribution is 7.80. The van der Waals surface area contributed by atoms with Crippen LogP contribution in [0.15, 0.2) is 49.1 Å². The highest BCUT2D eigenvalue weighted by Crippen LogP contribution is 2.20. The molecule has 0 saturated heterocycles. The van der Waals surface area contributed by atoms with E-state index in [0.29, 0.717) is 0 Å². The van der Waals surface area contributed by atoms with Crippen molar-refractivity contribution in [2.45, 2.75) is 38.4 Å². The Balaban J connectivity index is 2.33. The van der Waals surface area contributed by atoms with Gasteiger partial charge < -0.3 is 5.32 Å². The molecule has 0 bridgehead atoms. The monoisotopic (exact) mass is 332 g/mol. The van der Waals surface area contributed by atoms with Gasteiger partial charge in [-0.25, -0.2) is 4.57 Å². The molecule has 1 heterocycles. The van der Waals surface area contributed by atoms with Gasteiger partial charge in [-0.3, -0.25) is 5.84 Å². The molecule has 1 aromatic carbocycles. The van der Waals surface area contributed by atoms with Crippen LogP contribution in [0.5, 0.6) is 0 Å². The standard InChI is InChI=1S/C17H25N5S/c1-3-4-6-11-16(23)19-17(20-18,15-9-7-5-8-10-15)22-13-12-21(2)14-22/h5,7-10,12-14,20H,3-4,6,11,18H2,1-2H3/p+1. The summed E-state index contributed by atoms with van der Waals surface area (Å²) >= 11 is 5.56. The van der Waals surface area contributed by atoms with Gasteiger partial charge in [0.05, 0.1) is 12.0 Å². The van der Waals surface area contributed by atoms with Crippen molar-refractivity contribution in [3.63, 3.8) is 0 Å². The number of imidazole rings is 1. The first-order valence-electron chi connectivity index (χ1n) is 8.00. The topological polar surface area (TPSA) is 58.9 Å². The lowest BCUT2D eigenvalue weighted by atomic mass is 10.1. The van der Waals surface area contributed by atoms with E-state index < -0.39 is 5.79 Å². The Morgan fingerprint density at radius 3 is 2.61 bits per heavy atom. The Kier molecular flexibility index (Phi) is 6.27. The van der Waals surface area contributed by atoms with Gasteiger partial charge in [0.2, 0.25) is 6.33 Å². The van der Waals surface area contributed by atoms with Crippen LogP contribution in [0.2, 0.25) is 0 Å². The van der Waals surface area contributed by atoms with Gasteiger partial charge in [-0.15, -0.1) is 0 Å². The zero-order valence-electron chi connectivity index (χ0n) is 13.8. The molecule has 23 heavy (non-hydrogen) atoms. The van der Waals surface area contributed by atoms with Gasteiger partial charge in [0.1, 0.15) is 12.4 Å². The summed E-state index contributed by atoms with van der Waals surface area (Å²) < 4.78 is 3.96. The van der Waals surface area contributed by atoms with Crippen molar-refractivity contribution in [2.24, 2.45) is 12.9 Å². The normalized spacial score (nSPS) is 13.5. The van der Waals surface area contributed by atoms with Gasteiger partial charge in [-0.2, -0.15) is 9.99 Å². The van der Waals surface area contributed by atoms with Crippen LogP contribution in [0.25, 0.3) is 0 Å². The summed E-state index contributed by atoms with van der Waals surface area (Å²) in [5.74, 6) is 5.18. The summed E-state index contributed by atoms with van der Waals surface area (Å²) in [6, 6.07) is 10.0. The Hall–Kier alpha value is -1.76. The fraction of sp³-hybridized carbons (Fsp3) is 0.412. The number of hydrazine groups is 1. The SMILES string of the molecule is CCCCCC(=S)NC(NN)(c1ccccc1)n1cc[n+](C)c1. The number of thiocarbonyl (C=S) groups is 1. The Morgan fingerprint density at radius 1 is 1.30 bits per heavy atom. The molecule has 1 unspecified atom stereocenters.